The highest BCUT2D eigenvalue weighted by Gasteiger charge is 2.36. The van der Waals surface area contributed by atoms with Gasteiger partial charge in [-0.1, -0.05) is 40.2 Å². The number of hydrogen-bond donors (Lipinski definition) is 0. The summed E-state index contributed by atoms with van der Waals surface area (Å²) < 4.78 is 20.9. The van der Waals surface area contributed by atoms with Crippen LogP contribution in [0.4, 0.5) is 14.9 Å². The lowest BCUT2D eigenvalue weighted by atomic mass is 9.91. The molecule has 0 fully saturated rings. The van der Waals surface area contributed by atoms with E-state index < -0.39 is 17.7 Å². The molecule has 0 saturated carbocycles. The standard InChI is InChI=1S/C20H21BrFNO2/c1-20(2,3)25-19(24)23-17(15-6-4-5-7-16(15)22)11-9-13-8-10-14(21)12-18(13)23/h4-8,10,12,17H,9,11H2,1-3H3. The van der Waals surface area contributed by atoms with Crippen LogP contribution in [0.15, 0.2) is 46.9 Å². The molecule has 1 heterocycles. The molecule has 0 saturated heterocycles. The molecule has 25 heavy (non-hydrogen) atoms. The van der Waals surface area contributed by atoms with Crippen molar-refractivity contribution in [3.05, 3.63) is 63.9 Å². The van der Waals surface area contributed by atoms with Crippen LogP contribution in [-0.4, -0.2) is 11.7 Å². The Morgan fingerprint density at radius 1 is 1.24 bits per heavy atom. The molecule has 1 aliphatic rings. The van der Waals surface area contributed by atoms with Crippen LogP contribution in [0, 0.1) is 5.82 Å². The number of amides is 1. The molecule has 3 nitrogen and oxygen atoms in total. The van der Waals surface area contributed by atoms with Gasteiger partial charge in [-0.25, -0.2) is 9.18 Å². The van der Waals surface area contributed by atoms with Gasteiger partial charge in [0.25, 0.3) is 0 Å². The first kappa shape index (κ1) is 17.9. The van der Waals surface area contributed by atoms with Crippen molar-refractivity contribution in [1.82, 2.24) is 0 Å². The van der Waals surface area contributed by atoms with Gasteiger partial charge in [0.05, 0.1) is 11.7 Å². The fourth-order valence-corrected chi connectivity index (χ4v) is 3.49. The van der Waals surface area contributed by atoms with Crippen LogP contribution in [0.25, 0.3) is 0 Å². The second kappa shape index (κ2) is 6.79. The quantitative estimate of drug-likeness (QED) is 0.580. The van der Waals surface area contributed by atoms with Crippen LogP contribution in [0.2, 0.25) is 0 Å². The first-order valence-electron chi connectivity index (χ1n) is 8.31. The zero-order chi connectivity index (χ0) is 18.2. The minimum absolute atomic E-state index is 0.306. The number of benzene rings is 2. The highest BCUT2D eigenvalue weighted by Crippen LogP contribution is 2.41. The normalized spacial score (nSPS) is 17.2. The molecule has 0 aromatic heterocycles. The van der Waals surface area contributed by atoms with Crippen LogP contribution < -0.4 is 4.90 Å². The first-order valence-corrected chi connectivity index (χ1v) is 9.10. The third-order valence-electron chi connectivity index (χ3n) is 4.16. The van der Waals surface area contributed by atoms with Gasteiger partial charge in [0.1, 0.15) is 11.4 Å². The van der Waals surface area contributed by atoms with Gasteiger partial charge in [-0.2, -0.15) is 0 Å². The number of carbonyl (C=O) groups excluding carboxylic acids is 1. The molecule has 0 spiro atoms. The molecule has 5 heteroatoms. The Labute approximate surface area is 155 Å². The summed E-state index contributed by atoms with van der Waals surface area (Å²) in [5.74, 6) is -0.306. The summed E-state index contributed by atoms with van der Waals surface area (Å²) in [7, 11) is 0. The van der Waals surface area contributed by atoms with Gasteiger partial charge in [0, 0.05) is 10.0 Å². The lowest BCUT2D eigenvalue weighted by molar-refractivity contribution is 0.0559. The number of anilines is 1. The van der Waals surface area contributed by atoms with E-state index in [0.29, 0.717) is 12.0 Å². The molecule has 3 rings (SSSR count). The van der Waals surface area contributed by atoms with E-state index in [1.807, 2.05) is 39.0 Å². The van der Waals surface area contributed by atoms with E-state index in [4.69, 9.17) is 4.74 Å². The summed E-state index contributed by atoms with van der Waals surface area (Å²) in [6, 6.07) is 12.1. The molecule has 0 aliphatic carbocycles. The Morgan fingerprint density at radius 3 is 2.64 bits per heavy atom. The van der Waals surface area contributed by atoms with Gasteiger partial charge < -0.3 is 4.74 Å². The van der Waals surface area contributed by atoms with Crippen molar-refractivity contribution in [2.24, 2.45) is 0 Å². The number of ether oxygens (including phenoxy) is 1. The lowest BCUT2D eigenvalue weighted by Crippen LogP contribution is -2.42. The zero-order valence-electron chi connectivity index (χ0n) is 14.6. The number of rotatable bonds is 1. The number of fused-ring (bicyclic) bond motifs is 1. The Kier molecular flexibility index (Phi) is 4.87. The molecular formula is C20H21BrFNO2. The fraction of sp³-hybridized carbons (Fsp3) is 0.350. The van der Waals surface area contributed by atoms with Gasteiger partial charge >= 0.3 is 6.09 Å². The third-order valence-corrected chi connectivity index (χ3v) is 4.65. The van der Waals surface area contributed by atoms with E-state index in [0.717, 1.165) is 22.1 Å². The molecule has 1 atom stereocenters. The maximum absolute atomic E-state index is 14.4. The van der Waals surface area contributed by atoms with E-state index in [1.165, 1.54) is 6.07 Å². The molecule has 0 bridgehead atoms. The molecule has 0 radical (unpaired) electrons. The van der Waals surface area contributed by atoms with Crippen LogP contribution in [0.5, 0.6) is 0 Å². The van der Waals surface area contributed by atoms with Gasteiger partial charge in [-0.15, -0.1) is 0 Å². The van der Waals surface area contributed by atoms with Gasteiger partial charge in [-0.3, -0.25) is 4.90 Å². The Bertz CT molecular complexity index is 801. The minimum Gasteiger partial charge on any atom is -0.443 e. The summed E-state index contributed by atoms with van der Waals surface area (Å²) in [6.45, 7) is 5.48. The smallest absolute Gasteiger partial charge is 0.415 e. The van der Waals surface area contributed by atoms with E-state index >= 15 is 0 Å². The SMILES string of the molecule is CC(C)(C)OC(=O)N1c2cc(Br)ccc2CCC1c1ccccc1F. The molecular weight excluding hydrogens is 385 g/mol. The number of nitrogens with zero attached hydrogens (tertiary/aromatic N) is 1. The minimum atomic E-state index is -0.625. The van der Waals surface area contributed by atoms with Crippen molar-refractivity contribution in [3.63, 3.8) is 0 Å². The highest BCUT2D eigenvalue weighted by atomic mass is 79.9. The molecule has 2 aromatic carbocycles. The first-order chi connectivity index (χ1) is 11.8. The molecule has 1 amide bonds. The van der Waals surface area contributed by atoms with Crippen LogP contribution in [0.3, 0.4) is 0 Å². The van der Waals surface area contributed by atoms with Crippen LogP contribution >= 0.6 is 15.9 Å². The predicted octanol–water partition coefficient (Wildman–Crippen LogP) is 6.02. The summed E-state index contributed by atoms with van der Waals surface area (Å²) >= 11 is 3.47. The lowest BCUT2D eigenvalue weighted by Gasteiger charge is -2.38. The summed E-state index contributed by atoms with van der Waals surface area (Å²) in [6.07, 6.45) is 0.968. The largest absolute Gasteiger partial charge is 0.443 e. The summed E-state index contributed by atoms with van der Waals surface area (Å²) in [5.41, 5.74) is 1.71. The topological polar surface area (TPSA) is 29.5 Å². The van der Waals surface area contributed by atoms with Gasteiger partial charge in [-0.05, 0) is 57.4 Å². The number of aryl methyl sites for hydroxylation is 1. The Morgan fingerprint density at radius 2 is 1.96 bits per heavy atom. The van der Waals surface area contributed by atoms with Crippen molar-refractivity contribution < 1.29 is 13.9 Å². The number of carbonyl (C=O) groups is 1. The number of halogens is 2. The van der Waals surface area contributed by atoms with E-state index in [9.17, 15) is 9.18 Å². The second-order valence-corrected chi connectivity index (χ2v) is 8.12. The van der Waals surface area contributed by atoms with Crippen molar-refractivity contribution in [1.29, 1.82) is 0 Å². The molecule has 0 N–H and O–H groups in total. The van der Waals surface area contributed by atoms with E-state index in [-0.39, 0.29) is 5.82 Å². The molecule has 2 aromatic rings. The van der Waals surface area contributed by atoms with Crippen molar-refractivity contribution in [3.8, 4) is 0 Å². The molecule has 1 aliphatic heterocycles. The number of hydrogen-bond acceptors (Lipinski definition) is 2. The Hall–Kier alpha value is -1.88. The predicted molar refractivity (Wildman–Crippen MR) is 100 cm³/mol. The van der Waals surface area contributed by atoms with Gasteiger partial charge in [0.15, 0.2) is 0 Å². The fourth-order valence-electron chi connectivity index (χ4n) is 3.14. The zero-order valence-corrected chi connectivity index (χ0v) is 16.1. The average Bonchev–Trinajstić information content (AvgIpc) is 2.52. The Balaban J connectivity index is 2.09. The maximum Gasteiger partial charge on any atom is 0.415 e. The van der Waals surface area contributed by atoms with Crippen LogP contribution in [0.1, 0.15) is 44.4 Å². The van der Waals surface area contributed by atoms with Crippen LogP contribution in [-0.2, 0) is 11.2 Å². The van der Waals surface area contributed by atoms with Gasteiger partial charge in [0.2, 0.25) is 0 Å². The van der Waals surface area contributed by atoms with Crippen molar-refractivity contribution in [2.45, 2.75) is 45.3 Å². The summed E-state index contributed by atoms with van der Waals surface area (Å²) in [5, 5.41) is 0. The average molecular weight is 406 g/mol. The second-order valence-electron chi connectivity index (χ2n) is 7.20. The van der Waals surface area contributed by atoms with Crippen molar-refractivity contribution in [2.75, 3.05) is 4.90 Å². The molecule has 1 unspecified atom stereocenters. The van der Waals surface area contributed by atoms with Crippen molar-refractivity contribution >= 4 is 27.7 Å². The summed E-state index contributed by atoms with van der Waals surface area (Å²) in [4.78, 5) is 14.5. The maximum atomic E-state index is 14.4. The monoisotopic (exact) mass is 405 g/mol. The van der Waals surface area contributed by atoms with E-state index in [2.05, 4.69) is 15.9 Å². The highest BCUT2D eigenvalue weighted by molar-refractivity contribution is 9.10. The third kappa shape index (κ3) is 3.87. The molecule has 132 valence electrons. The van der Waals surface area contributed by atoms with E-state index in [1.54, 1.807) is 23.1 Å².